The zero-order valence-corrected chi connectivity index (χ0v) is 23.9. The van der Waals surface area contributed by atoms with E-state index in [0.717, 1.165) is 14.2 Å². The molecule has 2 heterocycles. The third-order valence-electron chi connectivity index (χ3n) is 6.65. The van der Waals surface area contributed by atoms with Gasteiger partial charge in [-0.05, 0) is 33.6 Å². The van der Waals surface area contributed by atoms with Crippen LogP contribution in [0.1, 0.15) is 47.5 Å². The average molecular weight is 567 g/mol. The summed E-state index contributed by atoms with van der Waals surface area (Å²) in [5, 5.41) is 12.5. The Morgan fingerprint density at radius 2 is 1.59 bits per heavy atom. The molecule has 1 N–H and O–H groups in total. The van der Waals surface area contributed by atoms with Crippen molar-refractivity contribution in [2.24, 2.45) is 0 Å². The van der Waals surface area contributed by atoms with Crippen molar-refractivity contribution in [3.05, 3.63) is 0 Å². The highest BCUT2D eigenvalue weighted by Gasteiger charge is 2.80. The first kappa shape index (κ1) is 33.3. The molecule has 39 heavy (non-hydrogen) atoms. The van der Waals surface area contributed by atoms with Gasteiger partial charge in [-0.15, -0.1) is 0 Å². The molecule has 2 aliphatic heterocycles. The molecule has 0 bridgehead atoms. The molecule has 0 aromatic carbocycles. The van der Waals surface area contributed by atoms with Gasteiger partial charge >= 0.3 is 17.9 Å². The highest BCUT2D eigenvalue weighted by Crippen LogP contribution is 2.51. The Labute approximate surface area is 228 Å². The van der Waals surface area contributed by atoms with Crippen LogP contribution in [0.3, 0.4) is 0 Å². The molecule has 14 heteroatoms. The molecule has 0 aromatic heterocycles. The van der Waals surface area contributed by atoms with E-state index in [0.29, 0.717) is 19.4 Å². The van der Waals surface area contributed by atoms with Gasteiger partial charge in [0.25, 0.3) is 0 Å². The second-order valence-electron chi connectivity index (χ2n) is 9.44. The van der Waals surface area contributed by atoms with Crippen molar-refractivity contribution in [3.8, 4) is 0 Å². The first-order valence-electron chi connectivity index (χ1n) is 12.8. The average Bonchev–Trinajstić information content (AvgIpc) is 3.45. The minimum Gasteiger partial charge on any atom is -0.467 e. The molecule has 0 unspecified atom stereocenters. The Bertz CT molecular complexity index is 843. The molecule has 0 radical (unpaired) electrons. The lowest BCUT2D eigenvalue weighted by Gasteiger charge is -2.44. The molecule has 226 valence electrons. The zero-order chi connectivity index (χ0) is 29.5. The fourth-order valence-corrected chi connectivity index (χ4v) is 4.76. The van der Waals surface area contributed by atoms with Gasteiger partial charge in [0.2, 0.25) is 17.3 Å². The molecule has 2 rings (SSSR count). The van der Waals surface area contributed by atoms with Crippen LogP contribution in [0.15, 0.2) is 0 Å². The number of methoxy groups -OCH3 is 3. The Balaban J connectivity index is 2.70. The molecule has 0 amide bonds. The van der Waals surface area contributed by atoms with Crippen LogP contribution >= 0.6 is 0 Å². The van der Waals surface area contributed by atoms with Gasteiger partial charge < -0.3 is 52.5 Å². The van der Waals surface area contributed by atoms with Crippen molar-refractivity contribution < 1.29 is 66.9 Å². The minimum absolute atomic E-state index is 0.168. The van der Waals surface area contributed by atoms with Gasteiger partial charge in [-0.2, -0.15) is 0 Å². The molecular formula is C25H42O14. The number of aliphatic hydroxyl groups is 1. The lowest BCUT2D eigenvalue weighted by molar-refractivity contribution is -0.264. The summed E-state index contributed by atoms with van der Waals surface area (Å²) in [4.78, 5) is 40.3. The van der Waals surface area contributed by atoms with Crippen LogP contribution in [0.5, 0.6) is 0 Å². The highest BCUT2D eigenvalue weighted by molar-refractivity contribution is 5.99. The van der Waals surface area contributed by atoms with E-state index in [-0.39, 0.29) is 26.6 Å². The topological polar surface area (TPSA) is 164 Å². The lowest BCUT2D eigenvalue weighted by atomic mass is 9.73. The third-order valence-corrected chi connectivity index (χ3v) is 6.65. The van der Waals surface area contributed by atoms with Crippen LogP contribution in [0, 0.1) is 0 Å². The SMILES string of the molecule is CCOC(=O)[C@@](O)([C@@H]1OC(CC)(CC)O[C@H]1COCOCCOC)[C@@]1(C(=O)OC)OC(C)(C)O[C@@H]1C(=O)OC. The van der Waals surface area contributed by atoms with Gasteiger partial charge in [-0.1, -0.05) is 13.8 Å². The molecule has 0 aliphatic carbocycles. The molecule has 0 aromatic rings. The van der Waals surface area contributed by atoms with Gasteiger partial charge in [-0.25, -0.2) is 14.4 Å². The van der Waals surface area contributed by atoms with Gasteiger partial charge in [-0.3, -0.25) is 0 Å². The lowest BCUT2D eigenvalue weighted by Crippen LogP contribution is -2.76. The molecule has 0 saturated carbocycles. The maximum atomic E-state index is 13.7. The van der Waals surface area contributed by atoms with Crippen molar-refractivity contribution in [3.63, 3.8) is 0 Å². The van der Waals surface area contributed by atoms with Crippen LogP contribution in [-0.2, 0) is 61.8 Å². The summed E-state index contributed by atoms with van der Waals surface area (Å²) in [6.45, 7) is 7.86. The fraction of sp³-hybridized carbons (Fsp3) is 0.880. The van der Waals surface area contributed by atoms with Crippen molar-refractivity contribution in [1.29, 1.82) is 0 Å². The zero-order valence-electron chi connectivity index (χ0n) is 23.9. The van der Waals surface area contributed by atoms with Crippen molar-refractivity contribution in [2.75, 3.05) is 54.5 Å². The Morgan fingerprint density at radius 3 is 2.13 bits per heavy atom. The largest absolute Gasteiger partial charge is 0.467 e. The molecule has 14 nitrogen and oxygen atoms in total. The van der Waals surface area contributed by atoms with Crippen molar-refractivity contribution >= 4 is 17.9 Å². The summed E-state index contributed by atoms with van der Waals surface area (Å²) in [5.41, 5.74) is -5.89. The first-order valence-corrected chi connectivity index (χ1v) is 12.8. The Hall–Kier alpha value is -1.91. The summed E-state index contributed by atoms with van der Waals surface area (Å²) in [6.07, 6.45) is -4.19. The number of hydrogen-bond acceptors (Lipinski definition) is 14. The molecule has 0 spiro atoms. The van der Waals surface area contributed by atoms with E-state index in [1.54, 1.807) is 13.8 Å². The number of hydrogen-bond donors (Lipinski definition) is 1. The van der Waals surface area contributed by atoms with Crippen LogP contribution in [0.25, 0.3) is 0 Å². The summed E-state index contributed by atoms with van der Waals surface area (Å²) in [5.74, 6) is -6.69. The van der Waals surface area contributed by atoms with E-state index in [1.165, 1.54) is 27.9 Å². The number of carbonyl (C=O) groups is 3. The highest BCUT2D eigenvalue weighted by atomic mass is 16.8. The van der Waals surface area contributed by atoms with E-state index in [2.05, 4.69) is 0 Å². The Kier molecular flexibility index (Phi) is 11.6. The maximum Gasteiger partial charge on any atom is 0.345 e. The predicted octanol–water partition coefficient (Wildman–Crippen LogP) is 0.454. The number of esters is 3. The normalized spacial score (nSPS) is 29.0. The van der Waals surface area contributed by atoms with Crippen molar-refractivity contribution in [1.82, 2.24) is 0 Å². The number of carbonyl (C=O) groups excluding carboxylic acids is 3. The monoisotopic (exact) mass is 566 g/mol. The van der Waals surface area contributed by atoms with Gasteiger partial charge in [0.1, 0.15) is 19.0 Å². The Morgan fingerprint density at radius 1 is 0.923 bits per heavy atom. The second kappa shape index (κ2) is 13.6. The summed E-state index contributed by atoms with van der Waals surface area (Å²) < 4.78 is 55.1. The second-order valence-corrected chi connectivity index (χ2v) is 9.44. The molecule has 2 aliphatic rings. The van der Waals surface area contributed by atoms with Crippen LogP contribution < -0.4 is 0 Å². The van der Waals surface area contributed by atoms with Gasteiger partial charge in [0.05, 0.1) is 40.6 Å². The smallest absolute Gasteiger partial charge is 0.345 e. The van der Waals surface area contributed by atoms with Gasteiger partial charge in [0, 0.05) is 7.11 Å². The van der Waals surface area contributed by atoms with E-state index in [9.17, 15) is 19.5 Å². The van der Waals surface area contributed by atoms with E-state index < -0.39 is 59.0 Å². The summed E-state index contributed by atoms with van der Waals surface area (Å²) >= 11 is 0. The maximum absolute atomic E-state index is 13.7. The van der Waals surface area contributed by atoms with Crippen LogP contribution in [0.4, 0.5) is 0 Å². The molecule has 2 saturated heterocycles. The molecule has 5 atom stereocenters. The quantitative estimate of drug-likeness (QED) is 0.126. The molecule has 2 fully saturated rings. The van der Waals surface area contributed by atoms with Crippen LogP contribution in [-0.4, -0.2) is 119 Å². The number of rotatable bonds is 15. The fourth-order valence-electron chi connectivity index (χ4n) is 4.76. The van der Waals surface area contributed by atoms with Crippen molar-refractivity contribution in [2.45, 2.75) is 88.5 Å². The van der Waals surface area contributed by atoms with E-state index in [4.69, 9.17) is 47.4 Å². The van der Waals surface area contributed by atoms with E-state index in [1.807, 2.05) is 0 Å². The summed E-state index contributed by atoms with van der Waals surface area (Å²) in [6, 6.07) is 0. The predicted molar refractivity (Wildman–Crippen MR) is 130 cm³/mol. The minimum atomic E-state index is -3.06. The van der Waals surface area contributed by atoms with Gasteiger partial charge in [0.15, 0.2) is 11.6 Å². The van der Waals surface area contributed by atoms with E-state index >= 15 is 0 Å². The first-order chi connectivity index (χ1) is 18.4. The standard InChI is InChI=1S/C25H42O14/c1-9-23(10-2)36-16(14-34-15-33-13-12-30-6)17(38-23)24(29,20(27)35-11-3)25(21(28)32-8)18(19(26)31-7)37-22(4,5)39-25/h16-18,29H,9-15H2,1-8H3/t16-,17+,18+,24-,25+/m0/s1. The summed E-state index contributed by atoms with van der Waals surface area (Å²) in [7, 11) is 3.58. The molecular weight excluding hydrogens is 524 g/mol. The van der Waals surface area contributed by atoms with Crippen LogP contribution in [0.2, 0.25) is 0 Å². The third kappa shape index (κ3) is 6.38. The number of ether oxygens (including phenoxy) is 10.